The second kappa shape index (κ2) is 5.29. The Morgan fingerprint density at radius 3 is 2.56 bits per heavy atom. The summed E-state index contributed by atoms with van der Waals surface area (Å²) in [5.74, 6) is -0.235. The van der Waals surface area contributed by atoms with E-state index < -0.39 is 0 Å². The van der Waals surface area contributed by atoms with E-state index in [0.717, 1.165) is 50.2 Å². The molecular formula is C14H19BrNO2+. The van der Waals surface area contributed by atoms with Gasteiger partial charge >= 0.3 is 0 Å². The quantitative estimate of drug-likeness (QED) is 0.891. The highest BCUT2D eigenvalue weighted by molar-refractivity contribution is 9.10. The number of rotatable bonds is 2. The standard InChI is InChI=1S/C14H18BrNO2/c15-13-3-1-2-12(10-13)11-16-6-4-14(5-7-16)17-8-9-18-14/h1-3,10H,4-9,11H2/p+1. The first-order valence-electron chi connectivity index (χ1n) is 6.62. The van der Waals surface area contributed by atoms with E-state index in [1.165, 1.54) is 5.56 Å². The summed E-state index contributed by atoms with van der Waals surface area (Å²) in [6, 6.07) is 8.59. The van der Waals surface area contributed by atoms with Crippen LogP contribution in [0.2, 0.25) is 0 Å². The summed E-state index contributed by atoms with van der Waals surface area (Å²) < 4.78 is 12.7. The highest BCUT2D eigenvalue weighted by atomic mass is 79.9. The molecule has 0 saturated carbocycles. The lowest BCUT2D eigenvalue weighted by molar-refractivity contribution is -0.922. The summed E-state index contributed by atoms with van der Waals surface area (Å²) in [6.07, 6.45) is 2.05. The third kappa shape index (κ3) is 2.77. The van der Waals surface area contributed by atoms with Crippen molar-refractivity contribution in [3.63, 3.8) is 0 Å². The molecule has 18 heavy (non-hydrogen) atoms. The first kappa shape index (κ1) is 12.6. The molecule has 0 aliphatic carbocycles. The van der Waals surface area contributed by atoms with Gasteiger partial charge in [0, 0.05) is 10.0 Å². The van der Waals surface area contributed by atoms with Gasteiger partial charge in [-0.25, -0.2) is 0 Å². The minimum Gasteiger partial charge on any atom is -0.347 e. The molecule has 0 aromatic heterocycles. The fourth-order valence-electron chi connectivity index (χ4n) is 2.88. The van der Waals surface area contributed by atoms with Crippen molar-refractivity contribution in [3.8, 4) is 0 Å². The highest BCUT2D eigenvalue weighted by Gasteiger charge is 2.41. The lowest BCUT2D eigenvalue weighted by atomic mass is 10.0. The molecule has 2 saturated heterocycles. The molecule has 1 N–H and O–H groups in total. The van der Waals surface area contributed by atoms with Crippen LogP contribution in [-0.2, 0) is 16.0 Å². The molecule has 2 fully saturated rings. The molecule has 0 radical (unpaired) electrons. The van der Waals surface area contributed by atoms with Gasteiger partial charge in [0.2, 0.25) is 0 Å². The molecule has 0 atom stereocenters. The van der Waals surface area contributed by atoms with Gasteiger partial charge in [0.1, 0.15) is 6.54 Å². The van der Waals surface area contributed by atoms with Gasteiger partial charge in [-0.2, -0.15) is 0 Å². The molecule has 1 aromatic carbocycles. The van der Waals surface area contributed by atoms with Crippen LogP contribution in [-0.4, -0.2) is 32.1 Å². The molecule has 3 rings (SSSR count). The monoisotopic (exact) mass is 312 g/mol. The predicted octanol–water partition coefficient (Wildman–Crippen LogP) is 1.37. The van der Waals surface area contributed by atoms with E-state index >= 15 is 0 Å². The van der Waals surface area contributed by atoms with E-state index in [0.29, 0.717) is 0 Å². The van der Waals surface area contributed by atoms with Crippen LogP contribution in [0.1, 0.15) is 18.4 Å². The van der Waals surface area contributed by atoms with Crippen molar-refractivity contribution < 1.29 is 14.4 Å². The summed E-state index contributed by atoms with van der Waals surface area (Å²) in [4.78, 5) is 1.62. The van der Waals surface area contributed by atoms with Crippen LogP contribution in [0.25, 0.3) is 0 Å². The van der Waals surface area contributed by atoms with Crippen LogP contribution < -0.4 is 4.90 Å². The molecule has 1 aromatic rings. The van der Waals surface area contributed by atoms with Crippen LogP contribution in [0, 0.1) is 0 Å². The van der Waals surface area contributed by atoms with E-state index in [1.54, 1.807) is 4.90 Å². The zero-order chi connectivity index (χ0) is 12.4. The first-order valence-corrected chi connectivity index (χ1v) is 7.41. The summed E-state index contributed by atoms with van der Waals surface area (Å²) in [5.41, 5.74) is 1.39. The number of piperidine rings is 1. The van der Waals surface area contributed by atoms with E-state index in [4.69, 9.17) is 9.47 Å². The van der Waals surface area contributed by atoms with Crippen molar-refractivity contribution in [2.24, 2.45) is 0 Å². The average molecular weight is 313 g/mol. The number of likely N-dealkylation sites (tertiary alicyclic amines) is 1. The van der Waals surface area contributed by atoms with Crippen LogP contribution in [0.3, 0.4) is 0 Å². The van der Waals surface area contributed by atoms with E-state index in [9.17, 15) is 0 Å². The summed E-state index contributed by atoms with van der Waals surface area (Å²) in [7, 11) is 0. The van der Waals surface area contributed by atoms with Crippen LogP contribution >= 0.6 is 15.9 Å². The fraction of sp³-hybridized carbons (Fsp3) is 0.571. The van der Waals surface area contributed by atoms with Crippen molar-refractivity contribution in [1.82, 2.24) is 0 Å². The lowest BCUT2D eigenvalue weighted by Crippen LogP contribution is -3.12. The Morgan fingerprint density at radius 1 is 1.17 bits per heavy atom. The Morgan fingerprint density at radius 2 is 1.89 bits per heavy atom. The molecule has 2 heterocycles. The Hall–Kier alpha value is -0.420. The van der Waals surface area contributed by atoms with Crippen molar-refractivity contribution in [2.45, 2.75) is 25.2 Å². The van der Waals surface area contributed by atoms with Gasteiger partial charge in [-0.05, 0) is 12.1 Å². The maximum Gasteiger partial charge on any atom is 0.179 e. The molecule has 0 bridgehead atoms. The smallest absolute Gasteiger partial charge is 0.179 e. The number of hydrogen-bond acceptors (Lipinski definition) is 2. The average Bonchev–Trinajstić information content (AvgIpc) is 2.81. The van der Waals surface area contributed by atoms with Gasteiger partial charge in [-0.3, -0.25) is 0 Å². The van der Waals surface area contributed by atoms with E-state index in [2.05, 4.69) is 40.2 Å². The van der Waals surface area contributed by atoms with Gasteiger partial charge in [-0.15, -0.1) is 0 Å². The molecule has 0 unspecified atom stereocenters. The third-order valence-corrected chi connectivity index (χ3v) is 4.37. The molecule has 2 aliphatic rings. The second-order valence-corrected chi connectivity index (χ2v) is 6.08. The van der Waals surface area contributed by atoms with Gasteiger partial charge in [-0.1, -0.05) is 28.1 Å². The first-order chi connectivity index (χ1) is 8.76. The van der Waals surface area contributed by atoms with Gasteiger partial charge in [0.15, 0.2) is 5.79 Å². The Bertz CT molecular complexity index is 408. The molecule has 4 heteroatoms. The number of hydrogen-bond donors (Lipinski definition) is 1. The minimum atomic E-state index is -0.235. The van der Waals surface area contributed by atoms with Crippen LogP contribution in [0.5, 0.6) is 0 Å². The van der Waals surface area contributed by atoms with Gasteiger partial charge in [0.05, 0.1) is 39.1 Å². The number of benzene rings is 1. The maximum absolute atomic E-state index is 5.76. The largest absolute Gasteiger partial charge is 0.347 e. The molecule has 0 amide bonds. The van der Waals surface area contributed by atoms with Crippen LogP contribution in [0.15, 0.2) is 28.7 Å². The topological polar surface area (TPSA) is 22.9 Å². The third-order valence-electron chi connectivity index (χ3n) is 3.88. The Labute approximate surface area is 116 Å². The predicted molar refractivity (Wildman–Crippen MR) is 72.4 cm³/mol. The van der Waals surface area contributed by atoms with E-state index in [1.807, 2.05) is 0 Å². The lowest BCUT2D eigenvalue weighted by Gasteiger charge is -2.35. The normalized spacial score (nSPS) is 23.6. The van der Waals surface area contributed by atoms with Crippen LogP contribution in [0.4, 0.5) is 0 Å². The molecule has 2 aliphatic heterocycles. The number of nitrogens with one attached hydrogen (secondary N) is 1. The summed E-state index contributed by atoms with van der Waals surface area (Å²) in [5, 5.41) is 0. The molecule has 1 spiro atoms. The molecule has 3 nitrogen and oxygen atoms in total. The SMILES string of the molecule is Brc1cccc(C[NH+]2CCC3(CC2)OCCO3)c1. The maximum atomic E-state index is 5.76. The fourth-order valence-corrected chi connectivity index (χ4v) is 3.33. The molecular weight excluding hydrogens is 294 g/mol. The Balaban J connectivity index is 1.57. The number of ether oxygens (including phenoxy) is 2. The highest BCUT2D eigenvalue weighted by Crippen LogP contribution is 2.27. The zero-order valence-corrected chi connectivity index (χ0v) is 12.0. The van der Waals surface area contributed by atoms with E-state index in [-0.39, 0.29) is 5.79 Å². The number of halogens is 1. The summed E-state index contributed by atoms with van der Waals surface area (Å²) in [6.45, 7) is 4.89. The Kier molecular flexibility index (Phi) is 3.71. The van der Waals surface area contributed by atoms with Crippen molar-refractivity contribution >= 4 is 15.9 Å². The zero-order valence-electron chi connectivity index (χ0n) is 10.5. The minimum absolute atomic E-state index is 0.235. The summed E-state index contributed by atoms with van der Waals surface area (Å²) >= 11 is 3.53. The van der Waals surface area contributed by atoms with Crippen molar-refractivity contribution in [1.29, 1.82) is 0 Å². The van der Waals surface area contributed by atoms with Gasteiger partial charge in [0.25, 0.3) is 0 Å². The van der Waals surface area contributed by atoms with Crippen molar-refractivity contribution in [3.05, 3.63) is 34.3 Å². The second-order valence-electron chi connectivity index (χ2n) is 5.16. The molecule has 98 valence electrons. The van der Waals surface area contributed by atoms with Gasteiger partial charge < -0.3 is 14.4 Å². The number of quaternary nitrogens is 1. The van der Waals surface area contributed by atoms with Crippen molar-refractivity contribution in [2.75, 3.05) is 26.3 Å².